The van der Waals surface area contributed by atoms with Gasteiger partial charge in [-0.2, -0.15) is 0 Å². The highest BCUT2D eigenvalue weighted by atomic mass is 16.2. The molecular weight excluding hydrogens is 881 g/mol. The topological polar surface area (TPSA) is 383 Å². The van der Waals surface area contributed by atoms with Crippen LogP contribution in [-0.4, -0.2) is 125 Å². The maximum atomic E-state index is 14.5. The summed E-state index contributed by atoms with van der Waals surface area (Å²) in [5.74, 6) is -7.57. The molecule has 2 aromatic rings. The number of primary amides is 1. The number of hydrogen-bond donors (Lipinski definition) is 12. The Kier molecular flexibility index (Phi) is 24.2. The number of Topliss-reactive ketones (excluding diaryl/α,β-unsaturated/α-hetero) is 1. The molecule has 1 aliphatic heterocycles. The van der Waals surface area contributed by atoms with E-state index in [1.54, 1.807) is 30.3 Å². The predicted octanol–water partition coefficient (Wildman–Crippen LogP) is -2.14. The Morgan fingerprint density at radius 1 is 0.824 bits per heavy atom. The van der Waals surface area contributed by atoms with E-state index in [9.17, 15) is 43.2 Å². The molecule has 16 N–H and O–H groups in total. The molecule has 3 rings (SSSR count). The third-order valence-corrected chi connectivity index (χ3v) is 11.3. The van der Waals surface area contributed by atoms with Crippen molar-refractivity contribution in [2.24, 2.45) is 33.8 Å². The van der Waals surface area contributed by atoms with Crippen LogP contribution in [0.15, 0.2) is 47.8 Å². The van der Waals surface area contributed by atoms with E-state index in [0.29, 0.717) is 43.5 Å². The molecule has 7 atom stereocenters. The molecular formula is C45H70N14O9. The molecule has 8 amide bonds. The van der Waals surface area contributed by atoms with Crippen molar-refractivity contribution >= 4 is 59.0 Å². The van der Waals surface area contributed by atoms with Crippen LogP contribution in [0.4, 0.5) is 0 Å². The Bertz CT molecular complexity index is 2010. The molecule has 2 heterocycles. The Labute approximate surface area is 396 Å². The molecule has 0 spiro atoms. The number of aromatic amines is 1. The zero-order chi connectivity index (χ0) is 50.0. The van der Waals surface area contributed by atoms with Gasteiger partial charge >= 0.3 is 0 Å². The molecule has 0 unspecified atom stereocenters. The number of aliphatic imine (C=N–C) groups is 1. The number of guanidine groups is 1. The normalized spacial score (nSPS) is 20.9. The lowest BCUT2D eigenvalue weighted by molar-refractivity contribution is -0.135. The van der Waals surface area contributed by atoms with Gasteiger partial charge < -0.3 is 65.1 Å². The van der Waals surface area contributed by atoms with Gasteiger partial charge in [0.05, 0.1) is 12.4 Å². The fraction of sp³-hybridized carbons (Fsp3) is 0.578. The van der Waals surface area contributed by atoms with E-state index in [2.05, 4.69) is 52.2 Å². The van der Waals surface area contributed by atoms with Gasteiger partial charge in [0.1, 0.15) is 30.2 Å². The summed E-state index contributed by atoms with van der Waals surface area (Å²) in [6, 6.07) is 1.29. The minimum Gasteiger partial charge on any atom is -0.370 e. The monoisotopic (exact) mass is 951 g/mol. The minimum atomic E-state index is -1.41. The number of unbranched alkanes of at least 4 members (excludes halogenated alkanes) is 2. The predicted molar refractivity (Wildman–Crippen MR) is 251 cm³/mol. The Morgan fingerprint density at radius 2 is 1.50 bits per heavy atom. The molecule has 1 saturated heterocycles. The average Bonchev–Trinajstić information content (AvgIpc) is 3.81. The molecule has 0 bridgehead atoms. The van der Waals surface area contributed by atoms with Gasteiger partial charge in [-0.25, -0.2) is 4.98 Å². The molecule has 68 heavy (non-hydrogen) atoms. The van der Waals surface area contributed by atoms with Crippen LogP contribution in [0.1, 0.15) is 102 Å². The Hall–Kier alpha value is -6.91. The number of nitrogens with one attached hydrogen (secondary N) is 8. The van der Waals surface area contributed by atoms with Crippen molar-refractivity contribution in [3.63, 3.8) is 0 Å². The first-order valence-corrected chi connectivity index (χ1v) is 23.1. The van der Waals surface area contributed by atoms with Crippen LogP contribution < -0.4 is 60.2 Å². The van der Waals surface area contributed by atoms with Gasteiger partial charge in [0, 0.05) is 63.5 Å². The first-order chi connectivity index (χ1) is 32.5. The number of nitrogens with two attached hydrogens (primary N) is 4. The molecule has 1 aromatic carbocycles. The van der Waals surface area contributed by atoms with Crippen LogP contribution in [0, 0.1) is 5.92 Å². The fourth-order valence-corrected chi connectivity index (χ4v) is 7.51. The molecule has 23 nitrogen and oxygen atoms in total. The van der Waals surface area contributed by atoms with Crippen molar-refractivity contribution in [1.82, 2.24) is 47.2 Å². The molecule has 23 heteroatoms. The highest BCUT2D eigenvalue weighted by Gasteiger charge is 2.35. The SMILES string of the molecule is CCCC[C@H](NC(C)=O)C(=O)N[C@H]1CCC(=O)NCC[C@@H](C(=O)N[C@@H](CCCCN)C(N)=O)CC(=O)[C@H](CCCN=C(N)N)NC(=O)[C@@H](Cc2ccccc2)NC(=O)[C@H](Cc2cnc[nH]2)NC1=O. The summed E-state index contributed by atoms with van der Waals surface area (Å²) in [7, 11) is 0. The number of hydrogen-bond acceptors (Lipinski definition) is 12. The van der Waals surface area contributed by atoms with E-state index in [4.69, 9.17) is 22.9 Å². The number of nitrogens with zero attached hydrogens (tertiary/aromatic N) is 2. The number of rotatable bonds is 21. The van der Waals surface area contributed by atoms with Crippen molar-refractivity contribution < 1.29 is 43.2 Å². The zero-order valence-electron chi connectivity index (χ0n) is 39.0. The molecule has 1 fully saturated rings. The summed E-state index contributed by atoms with van der Waals surface area (Å²) in [6.45, 7) is 3.46. The van der Waals surface area contributed by atoms with E-state index >= 15 is 0 Å². The van der Waals surface area contributed by atoms with E-state index in [-0.39, 0.29) is 76.8 Å². The third kappa shape index (κ3) is 20.3. The highest BCUT2D eigenvalue weighted by Crippen LogP contribution is 2.16. The second kappa shape index (κ2) is 29.7. The van der Waals surface area contributed by atoms with Gasteiger partial charge in [0.25, 0.3) is 0 Å². The Balaban J connectivity index is 2.12. The second-order valence-electron chi connectivity index (χ2n) is 16.9. The average molecular weight is 951 g/mol. The number of benzene rings is 1. The van der Waals surface area contributed by atoms with Gasteiger partial charge in [-0.3, -0.25) is 48.1 Å². The summed E-state index contributed by atoms with van der Waals surface area (Å²) in [6.07, 6.45) is 4.44. The lowest BCUT2D eigenvalue weighted by atomic mass is 9.92. The lowest BCUT2D eigenvalue weighted by Gasteiger charge is -2.27. The van der Waals surface area contributed by atoms with Gasteiger partial charge in [-0.1, -0.05) is 50.1 Å². The van der Waals surface area contributed by atoms with Gasteiger partial charge in [0.2, 0.25) is 47.3 Å². The summed E-state index contributed by atoms with van der Waals surface area (Å²) >= 11 is 0. The highest BCUT2D eigenvalue weighted by molar-refractivity contribution is 5.98. The van der Waals surface area contributed by atoms with Crippen LogP contribution in [0.25, 0.3) is 0 Å². The van der Waals surface area contributed by atoms with Gasteiger partial charge in [0.15, 0.2) is 11.7 Å². The smallest absolute Gasteiger partial charge is 0.243 e. The second-order valence-corrected chi connectivity index (χ2v) is 16.9. The standard InChI is InChI=1S/C45H70N14O9/c1-3-4-13-33(54-27(2)60)41(65)57-34-16-17-38(62)51-21-18-29(40(64)56-32(39(47)63)14-8-9-19-46)23-37(61)31(15-10-20-52-45(48)49)55-43(67)35(22-28-11-6-5-7-12-28)58-44(68)36(59-42(34)66)24-30-25-50-26-53-30/h5-7,11-12,25-26,29,31-36H,3-4,8-10,13-24,46H2,1-2H3,(H2,47,63)(H,50,53)(H,51,62)(H,54,60)(H,55,67)(H,56,64)(H,57,65)(H,58,68)(H,59,66)(H4,48,49,52)/t29-,31+,32+,33+,34+,35-,36+/m1/s1. The minimum absolute atomic E-state index is 0.00822. The van der Waals surface area contributed by atoms with Crippen LogP contribution in [0.2, 0.25) is 0 Å². The number of H-pyrrole nitrogens is 1. The number of ketones is 1. The molecule has 0 radical (unpaired) electrons. The van der Waals surface area contributed by atoms with Gasteiger partial charge in [-0.05, 0) is 63.5 Å². The van der Waals surface area contributed by atoms with E-state index < -0.39 is 102 Å². The third-order valence-electron chi connectivity index (χ3n) is 11.3. The maximum absolute atomic E-state index is 14.5. The largest absolute Gasteiger partial charge is 0.370 e. The van der Waals surface area contributed by atoms with Crippen LogP contribution in [0.3, 0.4) is 0 Å². The van der Waals surface area contributed by atoms with E-state index in [1.165, 1.54) is 19.4 Å². The van der Waals surface area contributed by atoms with Crippen molar-refractivity contribution in [2.75, 3.05) is 19.6 Å². The molecule has 0 saturated carbocycles. The zero-order valence-corrected chi connectivity index (χ0v) is 39.0. The number of carbonyl (C=O) groups excluding carboxylic acids is 9. The number of imidazole rings is 1. The van der Waals surface area contributed by atoms with E-state index in [1.807, 2.05) is 6.92 Å². The first kappa shape index (κ1) is 55.4. The summed E-state index contributed by atoms with van der Waals surface area (Å²) in [5.41, 5.74) is 23.4. The van der Waals surface area contributed by atoms with Crippen molar-refractivity contribution in [2.45, 2.75) is 140 Å². The van der Waals surface area contributed by atoms with Crippen molar-refractivity contribution in [3.8, 4) is 0 Å². The number of amides is 8. The molecule has 374 valence electrons. The fourth-order valence-electron chi connectivity index (χ4n) is 7.51. The lowest BCUT2D eigenvalue weighted by Crippen LogP contribution is -2.59. The quantitative estimate of drug-likeness (QED) is 0.0362. The van der Waals surface area contributed by atoms with E-state index in [0.717, 1.165) is 0 Å². The van der Waals surface area contributed by atoms with Crippen molar-refractivity contribution in [1.29, 1.82) is 0 Å². The first-order valence-electron chi connectivity index (χ1n) is 23.1. The van der Waals surface area contributed by atoms with Crippen LogP contribution >= 0.6 is 0 Å². The molecule has 0 aliphatic carbocycles. The summed E-state index contributed by atoms with van der Waals surface area (Å²) < 4.78 is 0. The molecule has 1 aromatic heterocycles. The number of aromatic nitrogens is 2. The van der Waals surface area contributed by atoms with Crippen LogP contribution in [-0.2, 0) is 56.0 Å². The number of carbonyl (C=O) groups is 9. The van der Waals surface area contributed by atoms with Gasteiger partial charge in [-0.15, -0.1) is 0 Å². The summed E-state index contributed by atoms with van der Waals surface area (Å²) in [4.78, 5) is 134. The Morgan fingerprint density at radius 3 is 2.13 bits per heavy atom. The van der Waals surface area contributed by atoms with Crippen LogP contribution in [0.5, 0.6) is 0 Å². The maximum Gasteiger partial charge on any atom is 0.243 e. The molecule has 1 aliphatic rings. The summed E-state index contributed by atoms with van der Waals surface area (Å²) in [5, 5.41) is 18.8. The van der Waals surface area contributed by atoms with Crippen molar-refractivity contribution in [3.05, 3.63) is 54.1 Å².